The van der Waals surface area contributed by atoms with E-state index in [2.05, 4.69) is 12.2 Å². The molecule has 0 aromatic heterocycles. The number of carbonyl (C=O) groups excluding carboxylic acids is 1. The van der Waals surface area contributed by atoms with Gasteiger partial charge in [-0.1, -0.05) is 6.92 Å². The topological polar surface area (TPSA) is 52.6 Å². The van der Waals surface area contributed by atoms with Gasteiger partial charge in [0.1, 0.15) is 0 Å². The van der Waals surface area contributed by atoms with Crippen molar-refractivity contribution in [3.05, 3.63) is 0 Å². The number of nitrogens with zero attached hydrogens (tertiary/aromatic N) is 1. The van der Waals surface area contributed by atoms with E-state index in [0.29, 0.717) is 12.5 Å². The van der Waals surface area contributed by atoms with Gasteiger partial charge < -0.3 is 15.3 Å². The molecule has 5 heteroatoms. The first-order chi connectivity index (χ1) is 8.50. The highest BCUT2D eigenvalue weighted by molar-refractivity contribution is 8.00. The Bertz CT molecular complexity index is 305. The van der Waals surface area contributed by atoms with Gasteiger partial charge >= 0.3 is 6.03 Å². The fourth-order valence-electron chi connectivity index (χ4n) is 2.58. The first-order valence-corrected chi connectivity index (χ1v) is 7.83. The first-order valence-electron chi connectivity index (χ1n) is 6.85. The average Bonchev–Trinajstić information content (AvgIpc) is 2.77. The summed E-state index contributed by atoms with van der Waals surface area (Å²) in [7, 11) is 0. The third kappa shape index (κ3) is 3.32. The second-order valence-electron chi connectivity index (χ2n) is 5.84. The van der Waals surface area contributed by atoms with Crippen molar-refractivity contribution < 1.29 is 9.90 Å². The third-order valence-corrected chi connectivity index (χ3v) is 5.66. The van der Waals surface area contributed by atoms with E-state index in [9.17, 15) is 9.90 Å². The van der Waals surface area contributed by atoms with Crippen molar-refractivity contribution in [2.45, 2.75) is 44.0 Å². The van der Waals surface area contributed by atoms with Crippen LogP contribution in [0.25, 0.3) is 0 Å². The van der Waals surface area contributed by atoms with E-state index in [1.165, 1.54) is 18.6 Å². The van der Waals surface area contributed by atoms with E-state index in [1.54, 1.807) is 4.90 Å². The van der Waals surface area contributed by atoms with Gasteiger partial charge in [0.15, 0.2) is 0 Å². The van der Waals surface area contributed by atoms with E-state index in [4.69, 9.17) is 0 Å². The van der Waals surface area contributed by atoms with E-state index in [-0.39, 0.29) is 16.9 Å². The number of hydrogen-bond acceptors (Lipinski definition) is 3. The van der Waals surface area contributed by atoms with E-state index < -0.39 is 0 Å². The zero-order valence-electron chi connectivity index (χ0n) is 11.3. The molecule has 0 radical (unpaired) electrons. The summed E-state index contributed by atoms with van der Waals surface area (Å²) >= 11 is 1.95. The van der Waals surface area contributed by atoms with Crippen LogP contribution < -0.4 is 5.32 Å². The molecule has 2 rings (SSSR count). The quantitative estimate of drug-likeness (QED) is 0.804. The number of nitrogens with one attached hydrogen (secondary N) is 1. The van der Waals surface area contributed by atoms with Crippen LogP contribution in [0.5, 0.6) is 0 Å². The number of amides is 2. The Kier molecular flexibility index (Phi) is 4.43. The van der Waals surface area contributed by atoms with Crippen LogP contribution in [0.4, 0.5) is 4.79 Å². The highest BCUT2D eigenvalue weighted by Crippen LogP contribution is 2.36. The van der Waals surface area contributed by atoms with Crippen LogP contribution in [-0.2, 0) is 0 Å². The van der Waals surface area contributed by atoms with Gasteiger partial charge in [0, 0.05) is 24.4 Å². The molecular formula is C13H24N2O2S. The number of aliphatic hydroxyl groups is 1. The van der Waals surface area contributed by atoms with Crippen LogP contribution in [0.15, 0.2) is 0 Å². The molecule has 2 fully saturated rings. The number of β-amino-alcohol motifs (C(OH)–C–C–N with tert-alkyl or cyclic N) is 1. The Labute approximate surface area is 113 Å². The monoisotopic (exact) mass is 272 g/mol. The molecule has 2 aliphatic rings. The van der Waals surface area contributed by atoms with Gasteiger partial charge in [0.2, 0.25) is 0 Å². The summed E-state index contributed by atoms with van der Waals surface area (Å²) in [4.78, 5) is 13.8. The minimum absolute atomic E-state index is 0.0188. The van der Waals surface area contributed by atoms with Crippen LogP contribution in [0.1, 0.15) is 33.1 Å². The van der Waals surface area contributed by atoms with Gasteiger partial charge in [-0.05, 0) is 37.9 Å². The lowest BCUT2D eigenvalue weighted by Crippen LogP contribution is -2.51. The molecule has 3 atom stereocenters. The summed E-state index contributed by atoms with van der Waals surface area (Å²) in [6, 6.07) is -0.0188. The number of likely N-dealkylation sites (tertiary alicyclic amines) is 1. The van der Waals surface area contributed by atoms with Gasteiger partial charge in [-0.2, -0.15) is 11.8 Å². The summed E-state index contributed by atoms with van der Waals surface area (Å²) in [6.07, 6.45) is 2.94. The lowest BCUT2D eigenvalue weighted by atomic mass is 9.96. The smallest absolute Gasteiger partial charge is 0.317 e. The number of urea groups is 1. The van der Waals surface area contributed by atoms with Crippen molar-refractivity contribution in [2.24, 2.45) is 5.92 Å². The standard InChI is InChI=1S/C13H24N2O2S/c1-10-4-6-15(8-11(10)16)12(17)14-9-13(2)5-3-7-18-13/h10-11,16H,3-9H2,1-2H3,(H,14,17). The fourth-order valence-corrected chi connectivity index (χ4v) is 3.83. The average molecular weight is 272 g/mol. The summed E-state index contributed by atoms with van der Waals surface area (Å²) in [6.45, 7) is 6.22. The molecule has 4 nitrogen and oxygen atoms in total. The van der Waals surface area contributed by atoms with Crippen molar-refractivity contribution in [1.29, 1.82) is 0 Å². The maximum absolute atomic E-state index is 12.0. The Morgan fingerprint density at radius 3 is 3.00 bits per heavy atom. The van der Waals surface area contributed by atoms with Gasteiger partial charge in [-0.3, -0.25) is 0 Å². The molecule has 2 heterocycles. The molecule has 0 aromatic rings. The van der Waals surface area contributed by atoms with Crippen LogP contribution >= 0.6 is 11.8 Å². The van der Waals surface area contributed by atoms with Gasteiger partial charge in [0.25, 0.3) is 0 Å². The second-order valence-corrected chi connectivity index (χ2v) is 7.52. The van der Waals surface area contributed by atoms with Crippen LogP contribution in [0.2, 0.25) is 0 Å². The van der Waals surface area contributed by atoms with Crippen LogP contribution in [0.3, 0.4) is 0 Å². The van der Waals surface area contributed by atoms with Gasteiger partial charge in [0.05, 0.1) is 6.10 Å². The third-order valence-electron chi connectivity index (χ3n) is 4.12. The van der Waals surface area contributed by atoms with Gasteiger partial charge in [-0.25, -0.2) is 4.79 Å². The lowest BCUT2D eigenvalue weighted by molar-refractivity contribution is 0.0435. The van der Waals surface area contributed by atoms with E-state index >= 15 is 0 Å². The predicted octanol–water partition coefficient (Wildman–Crippen LogP) is 1.68. The van der Waals surface area contributed by atoms with Gasteiger partial charge in [-0.15, -0.1) is 0 Å². The molecule has 0 spiro atoms. The lowest BCUT2D eigenvalue weighted by Gasteiger charge is -2.35. The zero-order valence-corrected chi connectivity index (χ0v) is 12.1. The molecule has 3 unspecified atom stereocenters. The Morgan fingerprint density at radius 2 is 2.39 bits per heavy atom. The predicted molar refractivity (Wildman–Crippen MR) is 74.9 cm³/mol. The number of rotatable bonds is 2. The van der Waals surface area contributed by atoms with Crippen molar-refractivity contribution in [3.8, 4) is 0 Å². The molecular weight excluding hydrogens is 248 g/mol. The molecule has 0 bridgehead atoms. The van der Waals surface area contributed by atoms with Crippen molar-refractivity contribution in [1.82, 2.24) is 10.2 Å². The zero-order chi connectivity index (χ0) is 13.2. The number of carbonyl (C=O) groups is 1. The maximum atomic E-state index is 12.0. The SMILES string of the molecule is CC1CCN(C(=O)NCC2(C)CCCS2)CC1O. The van der Waals surface area contributed by atoms with Crippen molar-refractivity contribution in [3.63, 3.8) is 0 Å². The van der Waals surface area contributed by atoms with Crippen LogP contribution in [0, 0.1) is 5.92 Å². The summed E-state index contributed by atoms with van der Waals surface area (Å²) in [5.74, 6) is 1.50. The molecule has 0 aromatic carbocycles. The number of aliphatic hydroxyl groups excluding tert-OH is 1. The molecule has 18 heavy (non-hydrogen) atoms. The first kappa shape index (κ1) is 14.0. The van der Waals surface area contributed by atoms with Crippen molar-refractivity contribution in [2.75, 3.05) is 25.4 Å². The molecule has 0 saturated carbocycles. The highest BCUT2D eigenvalue weighted by Gasteiger charge is 2.32. The fraction of sp³-hybridized carbons (Fsp3) is 0.923. The number of hydrogen-bond donors (Lipinski definition) is 2. The summed E-state index contributed by atoms with van der Waals surface area (Å²) < 4.78 is 0.206. The largest absolute Gasteiger partial charge is 0.391 e. The van der Waals surface area contributed by atoms with E-state index in [0.717, 1.165) is 19.5 Å². The van der Waals surface area contributed by atoms with Crippen molar-refractivity contribution >= 4 is 17.8 Å². The molecule has 2 amide bonds. The molecule has 2 aliphatic heterocycles. The normalized spacial score (nSPS) is 36.7. The number of piperidine rings is 1. The van der Waals surface area contributed by atoms with E-state index in [1.807, 2.05) is 18.7 Å². The molecule has 2 N–H and O–H groups in total. The summed E-state index contributed by atoms with van der Waals surface area (Å²) in [5.41, 5.74) is 0. The molecule has 0 aliphatic carbocycles. The Hall–Kier alpha value is -0.420. The molecule has 2 saturated heterocycles. The minimum Gasteiger partial charge on any atom is -0.391 e. The Balaban J connectivity index is 1.78. The maximum Gasteiger partial charge on any atom is 0.317 e. The van der Waals surface area contributed by atoms with Crippen LogP contribution in [-0.4, -0.2) is 52.3 Å². The second kappa shape index (κ2) is 5.70. The number of thioether (sulfide) groups is 1. The highest BCUT2D eigenvalue weighted by atomic mass is 32.2. The minimum atomic E-state index is -0.374. The Morgan fingerprint density at radius 1 is 1.61 bits per heavy atom. The summed E-state index contributed by atoms with van der Waals surface area (Å²) in [5, 5.41) is 12.8. The molecule has 104 valence electrons.